The van der Waals surface area contributed by atoms with Crippen LogP contribution < -0.4 is 22.3 Å². The van der Waals surface area contributed by atoms with Crippen LogP contribution in [0.2, 0.25) is 0 Å². The van der Waals surface area contributed by atoms with Gasteiger partial charge in [0.15, 0.2) is 12.6 Å². The van der Waals surface area contributed by atoms with Crippen molar-refractivity contribution in [2.24, 2.45) is 11.8 Å². The molecule has 2 bridgehead atoms. The zero-order chi connectivity index (χ0) is 23.6. The first-order valence-corrected chi connectivity index (χ1v) is 12.4. The molecule has 0 radical (unpaired) electrons. The van der Waals surface area contributed by atoms with E-state index >= 15 is 0 Å². The van der Waals surface area contributed by atoms with E-state index in [1.807, 2.05) is 0 Å². The first-order chi connectivity index (χ1) is 16.5. The highest BCUT2D eigenvalue weighted by Gasteiger charge is 2.54. The summed E-state index contributed by atoms with van der Waals surface area (Å²) >= 11 is 0. The Labute approximate surface area is 215 Å². The van der Waals surface area contributed by atoms with Crippen LogP contribution in [0.5, 0.6) is 0 Å². The maximum absolute atomic E-state index is 13.5. The molecule has 3 aliphatic heterocycles. The molecule has 2 aromatic rings. The van der Waals surface area contributed by atoms with Gasteiger partial charge in [0.2, 0.25) is 5.60 Å². The molecule has 4 fully saturated rings. The average Bonchev–Trinajstić information content (AvgIpc) is 3.40. The normalized spacial score (nSPS) is 27.9. The molecule has 5 heterocycles. The molecule has 35 heavy (non-hydrogen) atoms. The lowest BCUT2D eigenvalue weighted by molar-refractivity contribution is -0.939. The minimum atomic E-state index is -1.77. The van der Waals surface area contributed by atoms with Gasteiger partial charge in [0.25, 0.3) is 5.91 Å². The van der Waals surface area contributed by atoms with Crippen molar-refractivity contribution in [3.8, 4) is 0 Å². The Balaban J connectivity index is 0.00000289. The smallest absolute Gasteiger partial charge is 0.346 e. The fourth-order valence-electron chi connectivity index (χ4n) is 6.16. The summed E-state index contributed by atoms with van der Waals surface area (Å²) in [6.45, 7) is 2.64. The lowest BCUT2D eigenvalue weighted by atomic mass is 9.75. The van der Waals surface area contributed by atoms with Crippen molar-refractivity contribution in [3.05, 3.63) is 42.9 Å². The molecule has 2 aromatic heterocycles. The quantitative estimate of drug-likeness (QED) is 0.358. The van der Waals surface area contributed by atoms with Gasteiger partial charge in [0.1, 0.15) is 18.6 Å². The Bertz CT molecular complexity index is 991. The molecule has 10 heteroatoms. The van der Waals surface area contributed by atoms with Gasteiger partial charge in [-0.15, -0.1) is 0 Å². The first kappa shape index (κ1) is 25.8. The molecule has 1 unspecified atom stereocenters. The van der Waals surface area contributed by atoms with Crippen molar-refractivity contribution in [1.82, 2.24) is 9.97 Å². The number of anilines is 1. The van der Waals surface area contributed by atoms with E-state index in [0.29, 0.717) is 23.3 Å². The highest BCUT2D eigenvalue weighted by molar-refractivity contribution is 5.91. The summed E-state index contributed by atoms with van der Waals surface area (Å²) in [4.78, 5) is 34.2. The molecule has 1 amide bonds. The van der Waals surface area contributed by atoms with Gasteiger partial charge >= 0.3 is 5.97 Å². The van der Waals surface area contributed by atoms with Crippen molar-refractivity contribution < 1.29 is 45.3 Å². The number of aliphatic hydroxyl groups is 1. The number of nitrogens with zero attached hydrogens (tertiary/aromatic N) is 3. The molecule has 1 saturated carbocycles. The molecule has 6 rings (SSSR count). The summed E-state index contributed by atoms with van der Waals surface area (Å²) in [6, 6.07) is 3.36. The van der Waals surface area contributed by atoms with Gasteiger partial charge in [-0.05, 0) is 25.0 Å². The van der Waals surface area contributed by atoms with Gasteiger partial charge in [0.05, 0.1) is 37.4 Å². The summed E-state index contributed by atoms with van der Waals surface area (Å²) < 4.78 is 12.2. The van der Waals surface area contributed by atoms with E-state index < -0.39 is 11.6 Å². The number of halogens is 1. The van der Waals surface area contributed by atoms with Gasteiger partial charge in [0, 0.05) is 24.7 Å². The van der Waals surface area contributed by atoms with Crippen LogP contribution in [-0.4, -0.2) is 63.7 Å². The molecule has 3 saturated heterocycles. The van der Waals surface area contributed by atoms with Crippen LogP contribution in [0.4, 0.5) is 5.69 Å². The zero-order valence-corrected chi connectivity index (χ0v) is 21.4. The highest BCUT2D eigenvalue weighted by Crippen LogP contribution is 2.42. The first-order valence-electron chi connectivity index (χ1n) is 12.4. The molecule has 2 N–H and O–H groups in total. The fourth-order valence-corrected chi connectivity index (χ4v) is 6.16. The Hall–Kier alpha value is -2.30. The number of furan rings is 1. The Morgan fingerprint density at radius 1 is 1.14 bits per heavy atom. The maximum atomic E-state index is 13.5. The molecule has 0 spiro atoms. The monoisotopic (exact) mass is 548 g/mol. The number of carbonyl (C=O) groups is 2. The van der Waals surface area contributed by atoms with Gasteiger partial charge in [-0.25, -0.2) is 14.8 Å². The summed E-state index contributed by atoms with van der Waals surface area (Å²) in [7, 11) is 0. The van der Waals surface area contributed by atoms with Crippen molar-refractivity contribution in [1.29, 1.82) is 0 Å². The number of nitrogens with one attached hydrogen (secondary N) is 1. The third-order valence-electron chi connectivity index (χ3n) is 8.03. The summed E-state index contributed by atoms with van der Waals surface area (Å²) in [5.41, 5.74) is -1.21. The molecular formula is C25H33BrN4O5. The standard InChI is InChI=1S/C25H32N4O5.BrH/c30-23(28-20-13-26-17-27-14-20)16-29-10-8-18(9-11-29)21(15-29)34-24(31)25(32,22-7-4-12-33-22)19-5-2-1-3-6-19;/h4,7,12-14,17-19,21,32H,1-3,5-6,8-11,15-16H2;1H/t18?,21-,25?,29?;/m0./s1. The largest absolute Gasteiger partial charge is 1.00 e. The van der Waals surface area contributed by atoms with Crippen LogP contribution in [-0.2, 0) is 19.9 Å². The van der Waals surface area contributed by atoms with Crippen molar-refractivity contribution in [3.63, 3.8) is 0 Å². The summed E-state index contributed by atoms with van der Waals surface area (Å²) in [5.74, 6) is -0.421. The Kier molecular flexibility index (Phi) is 7.92. The second-order valence-electron chi connectivity index (χ2n) is 10.2. The van der Waals surface area contributed by atoms with Gasteiger partial charge < -0.3 is 41.0 Å². The molecule has 4 aliphatic rings. The predicted molar refractivity (Wildman–Crippen MR) is 122 cm³/mol. The van der Waals surface area contributed by atoms with Crippen LogP contribution in [0.25, 0.3) is 0 Å². The Morgan fingerprint density at radius 2 is 1.86 bits per heavy atom. The third-order valence-corrected chi connectivity index (χ3v) is 8.03. The second-order valence-corrected chi connectivity index (χ2v) is 10.2. The fraction of sp³-hybridized carbons (Fsp3) is 0.600. The van der Waals surface area contributed by atoms with Crippen molar-refractivity contribution in [2.45, 2.75) is 56.7 Å². The molecule has 9 nitrogen and oxygen atoms in total. The third kappa shape index (κ3) is 5.29. The van der Waals surface area contributed by atoms with Crippen molar-refractivity contribution in [2.75, 3.05) is 31.5 Å². The summed E-state index contributed by atoms with van der Waals surface area (Å²) in [5, 5.41) is 14.6. The number of quaternary nitrogens is 1. The number of carbonyl (C=O) groups excluding carboxylic acids is 2. The SMILES string of the molecule is O=C(C[N+]12CCC(CC1)[C@@H](OC(=O)C(O)(c1ccco1)C1CCCCC1)C2)Nc1cncnc1.[Br-]. The topological polar surface area (TPSA) is 115 Å². The number of esters is 1. The van der Waals surface area contributed by atoms with E-state index in [0.717, 1.165) is 58.0 Å². The van der Waals surface area contributed by atoms with E-state index in [1.54, 1.807) is 24.5 Å². The number of amides is 1. The molecule has 1 aliphatic carbocycles. The number of piperidine rings is 3. The molecule has 2 atom stereocenters. The average molecular weight is 549 g/mol. The number of hydrogen-bond acceptors (Lipinski definition) is 7. The predicted octanol–water partition coefficient (Wildman–Crippen LogP) is -0.368. The maximum Gasteiger partial charge on any atom is 0.346 e. The van der Waals surface area contributed by atoms with Gasteiger partial charge in [-0.2, -0.15) is 0 Å². The van der Waals surface area contributed by atoms with E-state index in [4.69, 9.17) is 9.15 Å². The lowest BCUT2D eigenvalue weighted by Crippen LogP contribution is -3.00. The van der Waals surface area contributed by atoms with Crippen molar-refractivity contribution >= 4 is 17.6 Å². The van der Waals surface area contributed by atoms with Crippen LogP contribution in [0, 0.1) is 11.8 Å². The highest BCUT2D eigenvalue weighted by atomic mass is 79.9. The van der Waals surface area contributed by atoms with E-state index in [1.165, 1.54) is 12.6 Å². The minimum Gasteiger partial charge on any atom is -1.00 e. The minimum absolute atomic E-state index is 0. The van der Waals surface area contributed by atoms with Crippen LogP contribution in [0.1, 0.15) is 50.7 Å². The number of fused-ring (bicyclic) bond motifs is 3. The molecule has 0 aromatic carbocycles. The Morgan fingerprint density at radius 3 is 2.51 bits per heavy atom. The number of ether oxygens (including phenoxy) is 1. The van der Waals surface area contributed by atoms with Crippen LogP contribution >= 0.6 is 0 Å². The summed E-state index contributed by atoms with van der Waals surface area (Å²) in [6.07, 6.45) is 12.1. The molecule has 190 valence electrons. The van der Waals surface area contributed by atoms with E-state index in [2.05, 4.69) is 15.3 Å². The van der Waals surface area contributed by atoms with E-state index in [9.17, 15) is 14.7 Å². The number of aromatic nitrogens is 2. The zero-order valence-electron chi connectivity index (χ0n) is 19.8. The molecular weight excluding hydrogens is 516 g/mol. The lowest BCUT2D eigenvalue weighted by Gasteiger charge is -2.52. The second kappa shape index (κ2) is 10.8. The van der Waals surface area contributed by atoms with E-state index in [-0.39, 0.29) is 46.6 Å². The number of rotatable bonds is 7. The number of hydrogen-bond donors (Lipinski definition) is 2. The van der Waals surface area contributed by atoms with Crippen LogP contribution in [0.15, 0.2) is 41.5 Å². The van der Waals surface area contributed by atoms with Gasteiger partial charge in [-0.1, -0.05) is 19.3 Å². The van der Waals surface area contributed by atoms with Gasteiger partial charge in [-0.3, -0.25) is 4.79 Å². The van der Waals surface area contributed by atoms with Crippen LogP contribution in [0.3, 0.4) is 0 Å².